The van der Waals surface area contributed by atoms with Gasteiger partial charge in [0, 0.05) is 18.8 Å². The maximum absolute atomic E-state index is 12.7. The number of likely N-dealkylation sites (tertiary alicyclic amines) is 1. The molecule has 1 saturated carbocycles. The van der Waals surface area contributed by atoms with Gasteiger partial charge in [-0.1, -0.05) is 12.8 Å². The molecule has 3 rings (SSSR count). The highest BCUT2D eigenvalue weighted by atomic mass is 19.4. The van der Waals surface area contributed by atoms with E-state index < -0.39 is 18.0 Å². The summed E-state index contributed by atoms with van der Waals surface area (Å²) in [5.74, 6) is 0. The fourth-order valence-electron chi connectivity index (χ4n) is 3.26. The Morgan fingerprint density at radius 2 is 2.00 bits per heavy atom. The second-order valence-corrected chi connectivity index (χ2v) is 6.48. The van der Waals surface area contributed by atoms with Crippen molar-refractivity contribution in [3.8, 4) is 6.01 Å². The van der Waals surface area contributed by atoms with Gasteiger partial charge in [0.05, 0.1) is 6.54 Å². The van der Waals surface area contributed by atoms with Crippen LogP contribution in [0.25, 0.3) is 0 Å². The molecule has 0 radical (unpaired) electrons. The van der Waals surface area contributed by atoms with E-state index in [2.05, 4.69) is 15.3 Å². The molecule has 2 amide bonds. The van der Waals surface area contributed by atoms with E-state index >= 15 is 0 Å². The molecule has 1 N–H and O–H groups in total. The van der Waals surface area contributed by atoms with Crippen molar-refractivity contribution in [2.75, 3.05) is 13.1 Å². The van der Waals surface area contributed by atoms with Gasteiger partial charge in [-0.25, -0.2) is 9.78 Å². The van der Waals surface area contributed by atoms with Gasteiger partial charge in [-0.15, -0.1) is 0 Å². The summed E-state index contributed by atoms with van der Waals surface area (Å²) in [4.78, 5) is 21.1. The third-order valence-corrected chi connectivity index (χ3v) is 4.54. The number of nitrogens with one attached hydrogen (secondary N) is 1. The molecule has 1 unspecified atom stereocenters. The normalized spacial score (nSPS) is 22.0. The number of hydrogen-bond donors (Lipinski definition) is 1. The Morgan fingerprint density at radius 3 is 2.72 bits per heavy atom. The molecule has 1 aromatic heterocycles. The third-order valence-electron chi connectivity index (χ3n) is 4.54. The molecule has 1 aliphatic heterocycles. The molecule has 138 valence electrons. The fourth-order valence-corrected chi connectivity index (χ4v) is 3.26. The van der Waals surface area contributed by atoms with E-state index in [1.807, 2.05) is 0 Å². The maximum atomic E-state index is 12.7. The summed E-state index contributed by atoms with van der Waals surface area (Å²) in [5, 5.41) is 3.01. The molecular formula is C16H21F3N4O2. The summed E-state index contributed by atoms with van der Waals surface area (Å²) in [6, 6.07) is 0.582. The first kappa shape index (κ1) is 17.8. The van der Waals surface area contributed by atoms with E-state index in [1.54, 1.807) is 4.90 Å². The predicted molar refractivity (Wildman–Crippen MR) is 83.0 cm³/mol. The van der Waals surface area contributed by atoms with E-state index in [1.165, 1.54) is 0 Å². The summed E-state index contributed by atoms with van der Waals surface area (Å²) in [6.07, 6.45) is 1.70. The first-order chi connectivity index (χ1) is 11.9. The average Bonchev–Trinajstić information content (AvgIpc) is 3.07. The topological polar surface area (TPSA) is 67.4 Å². The van der Waals surface area contributed by atoms with Crippen LogP contribution < -0.4 is 10.1 Å². The highest BCUT2D eigenvalue weighted by Gasteiger charge is 2.33. The molecule has 9 heteroatoms. The van der Waals surface area contributed by atoms with Crippen molar-refractivity contribution < 1.29 is 22.7 Å². The lowest BCUT2D eigenvalue weighted by Gasteiger charge is -2.33. The number of rotatable bonds is 3. The number of nitrogens with zero attached hydrogens (tertiary/aromatic N) is 3. The molecule has 1 atom stereocenters. The van der Waals surface area contributed by atoms with E-state index in [0.717, 1.165) is 44.4 Å². The standard InChI is InChI=1S/C16H21F3N4O2/c17-16(18,19)13-7-8-20-14(22-13)25-12-6-3-9-23(10-12)15(24)21-11-4-1-2-5-11/h7-8,11-12H,1-6,9-10H2,(H,21,24). The van der Waals surface area contributed by atoms with Crippen LogP contribution in [-0.4, -0.2) is 46.1 Å². The third kappa shape index (κ3) is 4.73. The van der Waals surface area contributed by atoms with Crippen LogP contribution in [0.4, 0.5) is 18.0 Å². The smallest absolute Gasteiger partial charge is 0.433 e. The Kier molecular flexibility index (Phi) is 5.29. The largest absolute Gasteiger partial charge is 0.458 e. The maximum Gasteiger partial charge on any atom is 0.433 e. The minimum absolute atomic E-state index is 0.134. The number of amides is 2. The van der Waals surface area contributed by atoms with Crippen molar-refractivity contribution in [1.29, 1.82) is 0 Å². The molecule has 1 aliphatic carbocycles. The van der Waals surface area contributed by atoms with Crippen LogP contribution in [0.1, 0.15) is 44.2 Å². The number of ether oxygens (including phenoxy) is 1. The molecule has 0 aromatic carbocycles. The van der Waals surface area contributed by atoms with Crippen LogP contribution in [0, 0.1) is 0 Å². The Labute approximate surface area is 143 Å². The molecule has 25 heavy (non-hydrogen) atoms. The molecule has 2 heterocycles. The number of halogens is 3. The van der Waals surface area contributed by atoms with Crippen molar-refractivity contribution in [2.24, 2.45) is 0 Å². The van der Waals surface area contributed by atoms with Gasteiger partial charge in [0.1, 0.15) is 6.10 Å². The quantitative estimate of drug-likeness (QED) is 0.902. The lowest BCUT2D eigenvalue weighted by atomic mass is 10.1. The number of carbonyl (C=O) groups excluding carboxylic acids is 1. The summed E-state index contributed by atoms with van der Waals surface area (Å²) >= 11 is 0. The zero-order valence-corrected chi connectivity index (χ0v) is 13.8. The fraction of sp³-hybridized carbons (Fsp3) is 0.688. The number of piperidine rings is 1. The van der Waals surface area contributed by atoms with Gasteiger partial charge < -0.3 is 15.0 Å². The number of aromatic nitrogens is 2. The van der Waals surface area contributed by atoms with E-state index in [9.17, 15) is 18.0 Å². The zero-order chi connectivity index (χ0) is 17.9. The minimum atomic E-state index is -4.54. The minimum Gasteiger partial charge on any atom is -0.458 e. The summed E-state index contributed by atoms with van der Waals surface area (Å²) < 4.78 is 43.6. The van der Waals surface area contributed by atoms with Crippen LogP contribution in [0.5, 0.6) is 6.01 Å². The Hall–Kier alpha value is -2.06. The van der Waals surface area contributed by atoms with E-state index in [4.69, 9.17) is 4.74 Å². The summed E-state index contributed by atoms with van der Waals surface area (Å²) in [7, 11) is 0. The first-order valence-corrected chi connectivity index (χ1v) is 8.54. The zero-order valence-electron chi connectivity index (χ0n) is 13.8. The van der Waals surface area contributed by atoms with Crippen LogP contribution in [0.15, 0.2) is 12.3 Å². The molecule has 2 aliphatic rings. The molecule has 1 saturated heterocycles. The highest BCUT2D eigenvalue weighted by molar-refractivity contribution is 5.74. The van der Waals surface area contributed by atoms with Gasteiger partial charge in [0.15, 0.2) is 5.69 Å². The molecule has 6 nitrogen and oxygen atoms in total. The van der Waals surface area contributed by atoms with Gasteiger partial charge in [-0.05, 0) is 31.7 Å². The Bertz CT molecular complexity index is 605. The van der Waals surface area contributed by atoms with E-state index in [-0.39, 0.29) is 18.1 Å². The number of carbonyl (C=O) groups is 1. The molecular weight excluding hydrogens is 337 g/mol. The molecule has 0 spiro atoms. The van der Waals surface area contributed by atoms with Gasteiger partial charge in [0.2, 0.25) is 0 Å². The van der Waals surface area contributed by atoms with Gasteiger partial charge in [-0.3, -0.25) is 0 Å². The van der Waals surface area contributed by atoms with Crippen molar-refractivity contribution in [1.82, 2.24) is 20.2 Å². The van der Waals surface area contributed by atoms with Crippen molar-refractivity contribution in [2.45, 2.75) is 56.8 Å². The van der Waals surface area contributed by atoms with Crippen LogP contribution in [0.2, 0.25) is 0 Å². The van der Waals surface area contributed by atoms with Crippen LogP contribution in [0.3, 0.4) is 0 Å². The Balaban J connectivity index is 1.57. The SMILES string of the molecule is O=C(NC1CCCC1)N1CCCC(Oc2nccc(C(F)(F)F)n2)C1. The highest BCUT2D eigenvalue weighted by Crippen LogP contribution is 2.28. The first-order valence-electron chi connectivity index (χ1n) is 8.54. The van der Waals surface area contributed by atoms with Gasteiger partial charge >= 0.3 is 18.2 Å². The van der Waals surface area contributed by atoms with Crippen molar-refractivity contribution in [3.63, 3.8) is 0 Å². The van der Waals surface area contributed by atoms with Gasteiger partial charge in [-0.2, -0.15) is 18.2 Å². The van der Waals surface area contributed by atoms with Gasteiger partial charge in [0.25, 0.3) is 0 Å². The number of urea groups is 1. The monoisotopic (exact) mass is 358 g/mol. The van der Waals surface area contributed by atoms with Crippen molar-refractivity contribution in [3.05, 3.63) is 18.0 Å². The lowest BCUT2D eigenvalue weighted by Crippen LogP contribution is -2.50. The lowest BCUT2D eigenvalue weighted by molar-refractivity contribution is -0.141. The second kappa shape index (κ2) is 7.45. The summed E-state index contributed by atoms with van der Waals surface area (Å²) in [6.45, 7) is 0.931. The molecule has 2 fully saturated rings. The average molecular weight is 358 g/mol. The predicted octanol–water partition coefficient (Wildman–Crippen LogP) is 2.99. The van der Waals surface area contributed by atoms with Crippen molar-refractivity contribution >= 4 is 6.03 Å². The van der Waals surface area contributed by atoms with Crippen LogP contribution >= 0.6 is 0 Å². The van der Waals surface area contributed by atoms with Crippen LogP contribution in [-0.2, 0) is 6.18 Å². The second-order valence-electron chi connectivity index (χ2n) is 6.48. The molecule has 0 bridgehead atoms. The molecule has 1 aromatic rings. The number of alkyl halides is 3. The summed E-state index contributed by atoms with van der Waals surface area (Å²) in [5.41, 5.74) is -1.04. The number of hydrogen-bond acceptors (Lipinski definition) is 4. The van der Waals surface area contributed by atoms with E-state index in [0.29, 0.717) is 19.5 Å². The Morgan fingerprint density at radius 1 is 1.24 bits per heavy atom.